The van der Waals surface area contributed by atoms with Crippen LogP contribution >= 0.6 is 34.8 Å². The molecule has 0 fully saturated rings. The maximum atomic E-state index is 5.99. The van der Waals surface area contributed by atoms with Crippen LogP contribution in [0.1, 0.15) is 0 Å². The molecule has 0 aliphatic carbocycles. The van der Waals surface area contributed by atoms with Crippen molar-refractivity contribution in [1.82, 2.24) is 0 Å². The Morgan fingerprint density at radius 3 is 2.00 bits per heavy atom. The number of rotatable bonds is 2. The van der Waals surface area contributed by atoms with Gasteiger partial charge in [-0.2, -0.15) is 0 Å². The lowest BCUT2D eigenvalue weighted by Gasteiger charge is -2.21. The van der Waals surface area contributed by atoms with Gasteiger partial charge in [-0.15, -0.1) is 0 Å². The average Bonchev–Trinajstić information content (AvgIpc) is 2.04. The molecule has 5 heteroatoms. The molecular formula is C9H11Cl3OSi. The molecule has 0 saturated carbocycles. The Morgan fingerprint density at radius 2 is 1.50 bits per heavy atom. The van der Waals surface area contributed by atoms with Crippen LogP contribution in [0, 0.1) is 0 Å². The van der Waals surface area contributed by atoms with Crippen molar-refractivity contribution in [3.63, 3.8) is 0 Å². The van der Waals surface area contributed by atoms with Gasteiger partial charge in [0.2, 0.25) is 8.32 Å². The van der Waals surface area contributed by atoms with Crippen LogP contribution in [0.2, 0.25) is 34.7 Å². The molecule has 0 bridgehead atoms. The van der Waals surface area contributed by atoms with E-state index < -0.39 is 8.32 Å². The summed E-state index contributed by atoms with van der Waals surface area (Å²) in [6.07, 6.45) is 0. The van der Waals surface area contributed by atoms with Gasteiger partial charge < -0.3 is 4.43 Å². The minimum atomic E-state index is -1.71. The van der Waals surface area contributed by atoms with Gasteiger partial charge in [-0.1, -0.05) is 34.8 Å². The fourth-order valence-electron chi connectivity index (χ4n) is 0.908. The number of hydrogen-bond acceptors (Lipinski definition) is 1. The molecule has 1 aromatic rings. The first-order valence-corrected chi connectivity index (χ1v) is 8.68. The lowest BCUT2D eigenvalue weighted by molar-refractivity contribution is 0.558. The van der Waals surface area contributed by atoms with Crippen molar-refractivity contribution in [2.75, 3.05) is 0 Å². The van der Waals surface area contributed by atoms with Crippen molar-refractivity contribution in [1.29, 1.82) is 0 Å². The van der Waals surface area contributed by atoms with Gasteiger partial charge in [0.25, 0.3) is 0 Å². The second kappa shape index (κ2) is 4.31. The highest BCUT2D eigenvalue weighted by Gasteiger charge is 2.20. The summed E-state index contributed by atoms with van der Waals surface area (Å²) in [4.78, 5) is 0. The topological polar surface area (TPSA) is 9.23 Å². The van der Waals surface area contributed by atoms with Gasteiger partial charge in [0.05, 0.1) is 10.0 Å². The molecule has 0 aliphatic heterocycles. The van der Waals surface area contributed by atoms with Crippen molar-refractivity contribution in [3.8, 4) is 5.75 Å². The van der Waals surface area contributed by atoms with Crippen LogP contribution < -0.4 is 4.43 Å². The Morgan fingerprint density at radius 1 is 1.00 bits per heavy atom. The molecule has 78 valence electrons. The third-order valence-electron chi connectivity index (χ3n) is 1.41. The summed E-state index contributed by atoms with van der Waals surface area (Å²) in [5.74, 6) is 0.500. The molecule has 0 spiro atoms. The standard InChI is InChI=1S/C9H11Cl3OSi/c1-14(2,3)13-9-7(11)5-4-6(10)8(9)12/h4-5H,1-3H3. The zero-order valence-corrected chi connectivity index (χ0v) is 11.5. The molecule has 0 amide bonds. The summed E-state index contributed by atoms with van der Waals surface area (Å²) in [5.41, 5.74) is 0. The second-order valence-corrected chi connectivity index (χ2v) is 9.51. The molecule has 0 aromatic heterocycles. The van der Waals surface area contributed by atoms with Gasteiger partial charge >= 0.3 is 0 Å². The van der Waals surface area contributed by atoms with Crippen LogP contribution in [-0.2, 0) is 0 Å². The van der Waals surface area contributed by atoms with Gasteiger partial charge in [0.1, 0.15) is 10.8 Å². The van der Waals surface area contributed by atoms with Crippen LogP contribution in [0.4, 0.5) is 0 Å². The molecule has 0 N–H and O–H groups in total. The highest BCUT2D eigenvalue weighted by Crippen LogP contribution is 2.39. The van der Waals surface area contributed by atoms with Gasteiger partial charge in [0, 0.05) is 0 Å². The van der Waals surface area contributed by atoms with Crippen molar-refractivity contribution in [2.45, 2.75) is 19.6 Å². The van der Waals surface area contributed by atoms with E-state index in [0.717, 1.165) is 0 Å². The molecule has 14 heavy (non-hydrogen) atoms. The average molecular weight is 270 g/mol. The Balaban J connectivity index is 3.13. The molecule has 0 heterocycles. The third kappa shape index (κ3) is 3.06. The normalized spacial score (nSPS) is 11.6. The fraction of sp³-hybridized carbons (Fsp3) is 0.333. The first-order valence-electron chi connectivity index (χ1n) is 4.14. The van der Waals surface area contributed by atoms with Crippen LogP contribution in [0.15, 0.2) is 12.1 Å². The van der Waals surface area contributed by atoms with Gasteiger partial charge in [-0.3, -0.25) is 0 Å². The maximum Gasteiger partial charge on any atom is 0.242 e. The first kappa shape index (κ1) is 12.2. The minimum Gasteiger partial charge on any atom is -0.542 e. The lowest BCUT2D eigenvalue weighted by atomic mass is 10.3. The minimum absolute atomic E-state index is 0.390. The van der Waals surface area contributed by atoms with E-state index in [1.807, 2.05) is 0 Å². The van der Waals surface area contributed by atoms with E-state index >= 15 is 0 Å². The van der Waals surface area contributed by atoms with Crippen molar-refractivity contribution < 1.29 is 4.43 Å². The van der Waals surface area contributed by atoms with E-state index in [1.165, 1.54) is 0 Å². The number of hydrogen-bond donors (Lipinski definition) is 0. The molecule has 1 aromatic carbocycles. The summed E-state index contributed by atoms with van der Waals surface area (Å²) >= 11 is 17.8. The smallest absolute Gasteiger partial charge is 0.242 e. The van der Waals surface area contributed by atoms with E-state index in [0.29, 0.717) is 20.8 Å². The summed E-state index contributed by atoms with van der Waals surface area (Å²) in [5, 5.41) is 1.35. The SMILES string of the molecule is C[Si](C)(C)Oc1c(Cl)ccc(Cl)c1Cl. The van der Waals surface area contributed by atoms with Crippen molar-refractivity contribution in [2.24, 2.45) is 0 Å². The van der Waals surface area contributed by atoms with E-state index in [2.05, 4.69) is 19.6 Å². The Labute approximate surface area is 100 Å². The molecule has 0 aliphatic rings. The summed E-state index contributed by atoms with van der Waals surface area (Å²) in [6, 6.07) is 3.34. The summed E-state index contributed by atoms with van der Waals surface area (Å²) < 4.78 is 5.73. The molecule has 0 unspecified atom stereocenters. The highest BCUT2D eigenvalue weighted by molar-refractivity contribution is 6.70. The predicted molar refractivity (Wildman–Crippen MR) is 65.4 cm³/mol. The van der Waals surface area contributed by atoms with E-state index in [4.69, 9.17) is 39.2 Å². The van der Waals surface area contributed by atoms with Gasteiger partial charge in [-0.25, -0.2) is 0 Å². The van der Waals surface area contributed by atoms with Crippen LogP contribution in [-0.4, -0.2) is 8.32 Å². The molecule has 0 atom stereocenters. The van der Waals surface area contributed by atoms with Gasteiger partial charge in [0.15, 0.2) is 0 Å². The molecule has 1 nitrogen and oxygen atoms in total. The largest absolute Gasteiger partial charge is 0.542 e. The number of benzene rings is 1. The van der Waals surface area contributed by atoms with Crippen LogP contribution in [0.5, 0.6) is 5.75 Å². The van der Waals surface area contributed by atoms with E-state index in [1.54, 1.807) is 12.1 Å². The second-order valence-electron chi connectivity index (χ2n) is 3.89. The highest BCUT2D eigenvalue weighted by atomic mass is 35.5. The van der Waals surface area contributed by atoms with E-state index in [-0.39, 0.29) is 0 Å². The predicted octanol–water partition coefficient (Wildman–Crippen LogP) is 4.86. The number of halogens is 3. The molecular weight excluding hydrogens is 259 g/mol. The molecule has 1 rings (SSSR count). The third-order valence-corrected chi connectivity index (χ3v) is 3.31. The maximum absolute atomic E-state index is 5.99. The first-order chi connectivity index (χ1) is 6.31. The molecule has 0 saturated heterocycles. The summed E-state index contributed by atoms with van der Waals surface area (Å²) in [7, 11) is -1.71. The Bertz CT molecular complexity index is 347. The summed E-state index contributed by atoms with van der Waals surface area (Å²) in [6.45, 7) is 6.17. The van der Waals surface area contributed by atoms with Crippen molar-refractivity contribution >= 4 is 43.1 Å². The Kier molecular flexibility index (Phi) is 3.75. The lowest BCUT2D eigenvalue weighted by Crippen LogP contribution is -2.29. The van der Waals surface area contributed by atoms with Crippen LogP contribution in [0.3, 0.4) is 0 Å². The van der Waals surface area contributed by atoms with Gasteiger partial charge in [-0.05, 0) is 31.8 Å². The zero-order valence-electron chi connectivity index (χ0n) is 8.20. The molecule has 0 radical (unpaired) electrons. The fourth-order valence-corrected chi connectivity index (χ4v) is 2.46. The zero-order chi connectivity index (χ0) is 10.9. The van der Waals surface area contributed by atoms with E-state index in [9.17, 15) is 0 Å². The van der Waals surface area contributed by atoms with Crippen LogP contribution in [0.25, 0.3) is 0 Å². The quantitative estimate of drug-likeness (QED) is 0.550. The van der Waals surface area contributed by atoms with Crippen molar-refractivity contribution in [3.05, 3.63) is 27.2 Å². The Hall–Kier alpha value is 0.107. The monoisotopic (exact) mass is 268 g/mol.